The summed E-state index contributed by atoms with van der Waals surface area (Å²) in [5.41, 5.74) is 0.248. The molecule has 1 amide bonds. The fourth-order valence-electron chi connectivity index (χ4n) is 2.78. The van der Waals surface area contributed by atoms with Crippen LogP contribution in [0.1, 0.15) is 33.6 Å². The first-order chi connectivity index (χ1) is 9.91. The lowest BCUT2D eigenvalue weighted by atomic mass is 9.84. The standard InChI is InChI=1S/C17H25NO2S/c1-13(21-15-8-6-14(20-4)7-9-15)16(19)18-11-5-10-17(2,3)12-18/h6-9,13H,5,10-12H2,1-4H3/t13-/m1/s1. The van der Waals surface area contributed by atoms with Crippen LogP contribution < -0.4 is 4.74 Å². The Balaban J connectivity index is 1.95. The third kappa shape index (κ3) is 4.40. The maximum atomic E-state index is 12.6. The molecule has 1 aromatic rings. The van der Waals surface area contributed by atoms with Gasteiger partial charge in [-0.05, 0) is 49.4 Å². The summed E-state index contributed by atoms with van der Waals surface area (Å²) in [6.07, 6.45) is 2.31. The smallest absolute Gasteiger partial charge is 0.235 e. The summed E-state index contributed by atoms with van der Waals surface area (Å²) in [4.78, 5) is 15.7. The van der Waals surface area contributed by atoms with Crippen LogP contribution in [0.2, 0.25) is 0 Å². The van der Waals surface area contributed by atoms with Gasteiger partial charge in [-0.1, -0.05) is 13.8 Å². The van der Waals surface area contributed by atoms with E-state index in [-0.39, 0.29) is 16.6 Å². The van der Waals surface area contributed by atoms with Crippen LogP contribution in [-0.2, 0) is 4.79 Å². The highest BCUT2D eigenvalue weighted by molar-refractivity contribution is 8.00. The molecule has 116 valence electrons. The van der Waals surface area contributed by atoms with Gasteiger partial charge in [-0.3, -0.25) is 4.79 Å². The molecule has 1 heterocycles. The van der Waals surface area contributed by atoms with Crippen molar-refractivity contribution in [2.75, 3.05) is 20.2 Å². The van der Waals surface area contributed by atoms with E-state index >= 15 is 0 Å². The molecule has 0 saturated carbocycles. The number of thioether (sulfide) groups is 1. The Morgan fingerprint density at radius 1 is 1.33 bits per heavy atom. The Morgan fingerprint density at radius 2 is 2.00 bits per heavy atom. The predicted molar refractivity (Wildman–Crippen MR) is 87.9 cm³/mol. The largest absolute Gasteiger partial charge is 0.497 e. The van der Waals surface area contributed by atoms with Gasteiger partial charge in [-0.2, -0.15) is 0 Å². The lowest BCUT2D eigenvalue weighted by Crippen LogP contribution is -2.46. The SMILES string of the molecule is COc1ccc(S[C@H](C)C(=O)N2CCCC(C)(C)C2)cc1. The summed E-state index contributed by atoms with van der Waals surface area (Å²) >= 11 is 1.62. The zero-order valence-corrected chi connectivity index (χ0v) is 14.2. The van der Waals surface area contributed by atoms with E-state index in [1.165, 1.54) is 6.42 Å². The number of carbonyl (C=O) groups excluding carboxylic acids is 1. The molecule has 0 unspecified atom stereocenters. The van der Waals surface area contributed by atoms with E-state index in [0.717, 1.165) is 30.2 Å². The number of rotatable bonds is 4. The lowest BCUT2D eigenvalue weighted by molar-refractivity contribution is -0.133. The van der Waals surface area contributed by atoms with E-state index in [1.54, 1.807) is 18.9 Å². The molecular weight excluding hydrogens is 282 g/mol. The lowest BCUT2D eigenvalue weighted by Gasteiger charge is -2.39. The minimum Gasteiger partial charge on any atom is -0.497 e. The van der Waals surface area contributed by atoms with Gasteiger partial charge in [-0.15, -0.1) is 11.8 Å². The number of hydrogen-bond acceptors (Lipinski definition) is 3. The first kappa shape index (κ1) is 16.2. The fraction of sp³-hybridized carbons (Fsp3) is 0.588. The minimum atomic E-state index is -0.0488. The van der Waals surface area contributed by atoms with Crippen LogP contribution in [0.15, 0.2) is 29.2 Å². The molecule has 1 fully saturated rings. The molecule has 0 aliphatic carbocycles. The Kier molecular flexibility index (Phi) is 5.20. The number of piperidine rings is 1. The molecule has 1 atom stereocenters. The topological polar surface area (TPSA) is 29.5 Å². The zero-order chi connectivity index (χ0) is 15.5. The molecule has 0 aromatic heterocycles. The number of ether oxygens (including phenoxy) is 1. The van der Waals surface area contributed by atoms with Crippen LogP contribution in [0.5, 0.6) is 5.75 Å². The third-order valence-electron chi connectivity index (χ3n) is 3.93. The van der Waals surface area contributed by atoms with Gasteiger partial charge in [0, 0.05) is 18.0 Å². The monoisotopic (exact) mass is 307 g/mol. The summed E-state index contributed by atoms with van der Waals surface area (Å²) in [6, 6.07) is 7.88. The second-order valence-electron chi connectivity index (χ2n) is 6.46. The molecule has 4 heteroatoms. The predicted octanol–water partition coefficient (Wildman–Crippen LogP) is 3.82. The van der Waals surface area contributed by atoms with Gasteiger partial charge in [-0.25, -0.2) is 0 Å². The van der Waals surface area contributed by atoms with Gasteiger partial charge in [0.1, 0.15) is 5.75 Å². The van der Waals surface area contributed by atoms with E-state index in [2.05, 4.69) is 13.8 Å². The van der Waals surface area contributed by atoms with E-state index in [1.807, 2.05) is 36.1 Å². The van der Waals surface area contributed by atoms with Crippen molar-refractivity contribution in [3.8, 4) is 5.75 Å². The first-order valence-corrected chi connectivity index (χ1v) is 8.39. The molecule has 3 nitrogen and oxygen atoms in total. The highest BCUT2D eigenvalue weighted by Crippen LogP contribution is 2.31. The fourth-order valence-corrected chi connectivity index (χ4v) is 3.73. The second-order valence-corrected chi connectivity index (χ2v) is 7.88. The van der Waals surface area contributed by atoms with Crippen LogP contribution in [0.25, 0.3) is 0 Å². The number of hydrogen-bond donors (Lipinski definition) is 0. The zero-order valence-electron chi connectivity index (χ0n) is 13.4. The highest BCUT2D eigenvalue weighted by atomic mass is 32.2. The molecule has 0 spiro atoms. The molecule has 21 heavy (non-hydrogen) atoms. The normalized spacial score (nSPS) is 19.1. The summed E-state index contributed by atoms with van der Waals surface area (Å²) < 4.78 is 5.16. The maximum absolute atomic E-state index is 12.6. The minimum absolute atomic E-state index is 0.0488. The van der Waals surface area contributed by atoms with Crippen molar-refractivity contribution in [3.63, 3.8) is 0 Å². The Morgan fingerprint density at radius 3 is 2.57 bits per heavy atom. The van der Waals surface area contributed by atoms with Crippen LogP contribution in [0.3, 0.4) is 0 Å². The molecule has 0 radical (unpaired) electrons. The van der Waals surface area contributed by atoms with Gasteiger partial charge in [0.05, 0.1) is 12.4 Å². The number of methoxy groups -OCH3 is 1. The van der Waals surface area contributed by atoms with E-state index in [9.17, 15) is 4.79 Å². The van der Waals surface area contributed by atoms with Crippen molar-refractivity contribution in [2.45, 2.75) is 43.8 Å². The average Bonchev–Trinajstić information content (AvgIpc) is 2.46. The number of carbonyl (C=O) groups is 1. The van der Waals surface area contributed by atoms with Gasteiger partial charge in [0.15, 0.2) is 0 Å². The molecule has 0 bridgehead atoms. The van der Waals surface area contributed by atoms with Crippen molar-refractivity contribution >= 4 is 17.7 Å². The van der Waals surface area contributed by atoms with Gasteiger partial charge in [0.2, 0.25) is 5.91 Å². The molecule has 1 aliphatic rings. The molecule has 1 saturated heterocycles. The summed E-state index contributed by atoms with van der Waals surface area (Å²) in [5.74, 6) is 1.10. The molecule has 2 rings (SSSR count). The second kappa shape index (κ2) is 6.73. The quantitative estimate of drug-likeness (QED) is 0.792. The van der Waals surface area contributed by atoms with E-state index < -0.39 is 0 Å². The van der Waals surface area contributed by atoms with Crippen molar-refractivity contribution in [2.24, 2.45) is 5.41 Å². The van der Waals surface area contributed by atoms with Crippen molar-refractivity contribution in [1.29, 1.82) is 0 Å². The Hall–Kier alpha value is -1.16. The summed E-state index contributed by atoms with van der Waals surface area (Å²) in [6.45, 7) is 8.26. The first-order valence-electron chi connectivity index (χ1n) is 7.51. The summed E-state index contributed by atoms with van der Waals surface area (Å²) in [7, 11) is 1.66. The van der Waals surface area contributed by atoms with Crippen molar-refractivity contribution in [1.82, 2.24) is 4.90 Å². The molecule has 0 N–H and O–H groups in total. The van der Waals surface area contributed by atoms with Crippen LogP contribution in [-0.4, -0.2) is 36.3 Å². The van der Waals surface area contributed by atoms with Gasteiger partial charge < -0.3 is 9.64 Å². The van der Waals surface area contributed by atoms with Crippen LogP contribution in [0.4, 0.5) is 0 Å². The number of benzene rings is 1. The Bertz CT molecular complexity index is 484. The van der Waals surface area contributed by atoms with Gasteiger partial charge in [0.25, 0.3) is 0 Å². The number of nitrogens with zero attached hydrogens (tertiary/aromatic N) is 1. The number of likely N-dealkylation sites (tertiary alicyclic amines) is 1. The van der Waals surface area contributed by atoms with E-state index in [0.29, 0.717) is 0 Å². The molecule has 1 aliphatic heterocycles. The van der Waals surface area contributed by atoms with Crippen molar-refractivity contribution < 1.29 is 9.53 Å². The van der Waals surface area contributed by atoms with Crippen LogP contribution in [0, 0.1) is 5.41 Å². The molecular formula is C17H25NO2S. The van der Waals surface area contributed by atoms with Crippen molar-refractivity contribution in [3.05, 3.63) is 24.3 Å². The Labute approximate surface area is 132 Å². The van der Waals surface area contributed by atoms with Crippen LogP contribution >= 0.6 is 11.8 Å². The summed E-state index contributed by atoms with van der Waals surface area (Å²) in [5, 5.41) is -0.0488. The highest BCUT2D eigenvalue weighted by Gasteiger charge is 2.31. The molecule has 1 aromatic carbocycles. The van der Waals surface area contributed by atoms with Gasteiger partial charge >= 0.3 is 0 Å². The maximum Gasteiger partial charge on any atom is 0.235 e. The number of amides is 1. The third-order valence-corrected chi connectivity index (χ3v) is 5.03. The van der Waals surface area contributed by atoms with E-state index in [4.69, 9.17) is 4.74 Å². The average molecular weight is 307 g/mol.